The molecule has 1 fully saturated rings. The van der Waals surface area contributed by atoms with Gasteiger partial charge in [-0.25, -0.2) is 9.97 Å². The first-order valence-corrected chi connectivity index (χ1v) is 8.98. The molecule has 0 bridgehead atoms. The molecule has 1 aromatic carbocycles. The number of nitrogens with zero attached hydrogens (tertiary/aromatic N) is 4. The zero-order chi connectivity index (χ0) is 17.5. The van der Waals surface area contributed by atoms with Crippen molar-refractivity contribution in [1.29, 1.82) is 0 Å². The molecular weight excluding hydrogens is 324 g/mol. The summed E-state index contributed by atoms with van der Waals surface area (Å²) >= 11 is 0. The number of pyridine rings is 1. The third-order valence-electron chi connectivity index (χ3n) is 5.27. The maximum Gasteiger partial charge on any atom is 0.261 e. The molecule has 128 valence electrons. The van der Waals surface area contributed by atoms with Gasteiger partial charge < -0.3 is 0 Å². The summed E-state index contributed by atoms with van der Waals surface area (Å²) in [7, 11) is 0. The second kappa shape index (κ2) is 6.08. The van der Waals surface area contributed by atoms with E-state index in [9.17, 15) is 4.79 Å². The molecule has 0 radical (unpaired) electrons. The first-order chi connectivity index (χ1) is 12.8. The highest BCUT2D eigenvalue weighted by molar-refractivity contribution is 5.79. The number of benzene rings is 1. The van der Waals surface area contributed by atoms with Crippen LogP contribution in [0.15, 0.2) is 47.4 Å². The average molecular weight is 342 g/mol. The summed E-state index contributed by atoms with van der Waals surface area (Å²) in [5, 5.41) is 0.670. The van der Waals surface area contributed by atoms with Crippen LogP contribution in [0.2, 0.25) is 0 Å². The molecule has 5 nitrogen and oxygen atoms in total. The van der Waals surface area contributed by atoms with Crippen molar-refractivity contribution in [2.75, 3.05) is 6.54 Å². The van der Waals surface area contributed by atoms with E-state index in [1.807, 2.05) is 41.0 Å². The number of hydrogen-bond acceptors (Lipinski definition) is 4. The smallest absolute Gasteiger partial charge is 0.261 e. The monoisotopic (exact) mass is 342 g/mol. The van der Waals surface area contributed by atoms with Gasteiger partial charge in [0.15, 0.2) is 0 Å². The zero-order valence-corrected chi connectivity index (χ0v) is 14.4. The fourth-order valence-electron chi connectivity index (χ4n) is 3.93. The molecular formula is C21H18N4O. The minimum atomic E-state index is 0.0702. The minimum absolute atomic E-state index is 0.0702. The average Bonchev–Trinajstić information content (AvgIpc) is 3.13. The Labute approximate surface area is 151 Å². The maximum absolute atomic E-state index is 12.9. The standard InChI is InChI=1S/C21H18N4O/c26-21-18-9-7-15(6-8-16-4-1-2-10-22-16)12-19(18)23-20-14-24-11-3-5-17(24)13-25(20)21/h1-2,4,7,9-10,12,17H,3,5,11,13-14H2/t17-/m0/s1. The molecule has 5 rings (SSSR count). The first kappa shape index (κ1) is 15.3. The molecule has 0 spiro atoms. The normalized spacial score (nSPS) is 18.8. The molecule has 0 aliphatic carbocycles. The first-order valence-electron chi connectivity index (χ1n) is 8.98. The van der Waals surface area contributed by atoms with E-state index in [0.717, 1.165) is 42.2 Å². The van der Waals surface area contributed by atoms with E-state index in [1.165, 1.54) is 12.8 Å². The van der Waals surface area contributed by atoms with Crippen LogP contribution in [0.1, 0.15) is 29.9 Å². The Morgan fingerprint density at radius 2 is 2.12 bits per heavy atom. The maximum atomic E-state index is 12.9. The molecule has 2 aliphatic rings. The topological polar surface area (TPSA) is 51.0 Å². The predicted octanol–water partition coefficient (Wildman–Crippen LogP) is 2.17. The highest BCUT2D eigenvalue weighted by atomic mass is 16.1. The van der Waals surface area contributed by atoms with Gasteiger partial charge in [0.2, 0.25) is 0 Å². The summed E-state index contributed by atoms with van der Waals surface area (Å²) in [5.41, 5.74) is 2.37. The minimum Gasteiger partial charge on any atom is -0.293 e. The van der Waals surface area contributed by atoms with E-state index in [2.05, 4.69) is 21.7 Å². The van der Waals surface area contributed by atoms with Crippen LogP contribution in [0.4, 0.5) is 0 Å². The van der Waals surface area contributed by atoms with Crippen molar-refractivity contribution in [3.05, 3.63) is 70.0 Å². The van der Waals surface area contributed by atoms with E-state index in [1.54, 1.807) is 6.20 Å². The van der Waals surface area contributed by atoms with Gasteiger partial charge in [-0.3, -0.25) is 14.3 Å². The molecule has 1 saturated heterocycles. The molecule has 2 aliphatic heterocycles. The van der Waals surface area contributed by atoms with Gasteiger partial charge in [0.1, 0.15) is 11.5 Å². The van der Waals surface area contributed by atoms with Gasteiger partial charge >= 0.3 is 0 Å². The summed E-state index contributed by atoms with van der Waals surface area (Å²) < 4.78 is 1.87. The van der Waals surface area contributed by atoms with Crippen LogP contribution in [0, 0.1) is 11.8 Å². The number of fused-ring (bicyclic) bond motifs is 3. The Morgan fingerprint density at radius 1 is 1.15 bits per heavy atom. The van der Waals surface area contributed by atoms with Gasteiger partial charge in [-0.05, 0) is 55.6 Å². The molecule has 3 aromatic rings. The Morgan fingerprint density at radius 3 is 3.00 bits per heavy atom. The van der Waals surface area contributed by atoms with E-state index in [-0.39, 0.29) is 5.56 Å². The second-order valence-electron chi connectivity index (χ2n) is 6.91. The lowest BCUT2D eigenvalue weighted by Crippen LogP contribution is -2.43. The zero-order valence-electron chi connectivity index (χ0n) is 14.4. The van der Waals surface area contributed by atoms with Gasteiger partial charge in [0.05, 0.1) is 17.4 Å². The van der Waals surface area contributed by atoms with Crippen molar-refractivity contribution in [3.63, 3.8) is 0 Å². The largest absolute Gasteiger partial charge is 0.293 e. The fourth-order valence-corrected chi connectivity index (χ4v) is 3.93. The summed E-state index contributed by atoms with van der Waals surface area (Å²) in [6.07, 6.45) is 4.11. The van der Waals surface area contributed by atoms with Crippen LogP contribution in [-0.4, -0.2) is 32.0 Å². The third-order valence-corrected chi connectivity index (χ3v) is 5.27. The highest BCUT2D eigenvalue weighted by Gasteiger charge is 2.31. The lowest BCUT2D eigenvalue weighted by Gasteiger charge is -2.31. The summed E-state index contributed by atoms with van der Waals surface area (Å²) in [6, 6.07) is 11.8. The van der Waals surface area contributed by atoms with Gasteiger partial charge in [0, 0.05) is 24.3 Å². The quantitative estimate of drug-likeness (QED) is 0.588. The fraction of sp³-hybridized carbons (Fsp3) is 0.286. The molecule has 0 N–H and O–H groups in total. The van der Waals surface area contributed by atoms with Crippen LogP contribution >= 0.6 is 0 Å². The lowest BCUT2D eigenvalue weighted by molar-refractivity contribution is 0.181. The predicted molar refractivity (Wildman–Crippen MR) is 99.7 cm³/mol. The van der Waals surface area contributed by atoms with E-state index >= 15 is 0 Å². The highest BCUT2D eigenvalue weighted by Crippen LogP contribution is 2.25. The van der Waals surface area contributed by atoms with Gasteiger partial charge in [-0.15, -0.1) is 0 Å². The van der Waals surface area contributed by atoms with Crippen LogP contribution in [0.5, 0.6) is 0 Å². The molecule has 26 heavy (non-hydrogen) atoms. The summed E-state index contributed by atoms with van der Waals surface area (Å²) in [5.74, 6) is 7.04. The third kappa shape index (κ3) is 2.59. The molecule has 4 heterocycles. The SMILES string of the molecule is O=c1c2ccc(C#Cc3ccccn3)cc2nc2n1C[C@@H]1CCCN1C2. The van der Waals surface area contributed by atoms with Crippen molar-refractivity contribution >= 4 is 10.9 Å². The van der Waals surface area contributed by atoms with Crippen molar-refractivity contribution in [2.45, 2.75) is 32.0 Å². The van der Waals surface area contributed by atoms with Crippen molar-refractivity contribution in [1.82, 2.24) is 19.4 Å². The molecule has 0 saturated carbocycles. The van der Waals surface area contributed by atoms with Crippen molar-refractivity contribution in [3.8, 4) is 11.8 Å². The van der Waals surface area contributed by atoms with Crippen LogP contribution < -0.4 is 5.56 Å². The summed E-state index contributed by atoms with van der Waals surface area (Å²) in [6.45, 7) is 2.63. The number of rotatable bonds is 0. The Kier molecular flexibility index (Phi) is 3.58. The van der Waals surface area contributed by atoms with E-state index in [4.69, 9.17) is 4.98 Å². The number of aromatic nitrogens is 3. The Bertz CT molecular complexity index is 1110. The molecule has 5 heteroatoms. The van der Waals surface area contributed by atoms with Gasteiger partial charge in [-0.1, -0.05) is 12.0 Å². The van der Waals surface area contributed by atoms with E-state index < -0.39 is 0 Å². The molecule has 0 unspecified atom stereocenters. The lowest BCUT2D eigenvalue weighted by atomic mass is 10.1. The molecule has 2 aromatic heterocycles. The van der Waals surface area contributed by atoms with Crippen LogP contribution in [0.25, 0.3) is 10.9 Å². The second-order valence-corrected chi connectivity index (χ2v) is 6.91. The Hall–Kier alpha value is -2.97. The number of hydrogen-bond donors (Lipinski definition) is 0. The van der Waals surface area contributed by atoms with Crippen molar-refractivity contribution < 1.29 is 0 Å². The molecule has 0 amide bonds. The van der Waals surface area contributed by atoms with E-state index in [0.29, 0.717) is 11.4 Å². The van der Waals surface area contributed by atoms with Crippen LogP contribution in [-0.2, 0) is 13.1 Å². The van der Waals surface area contributed by atoms with Gasteiger partial charge in [0.25, 0.3) is 5.56 Å². The molecule has 1 atom stereocenters. The Balaban J connectivity index is 1.56. The summed E-state index contributed by atoms with van der Waals surface area (Å²) in [4.78, 5) is 24.4. The van der Waals surface area contributed by atoms with Gasteiger partial charge in [-0.2, -0.15) is 0 Å². The van der Waals surface area contributed by atoms with Crippen molar-refractivity contribution in [2.24, 2.45) is 0 Å². The van der Waals surface area contributed by atoms with Crippen LogP contribution in [0.3, 0.4) is 0 Å².